The molecule has 0 spiro atoms. The number of hydrogen-bond donors (Lipinski definition) is 0. The van der Waals surface area contributed by atoms with E-state index in [1.54, 1.807) is 0 Å². The Hall–Kier alpha value is 0.470. The van der Waals surface area contributed by atoms with Crippen LogP contribution in [0.3, 0.4) is 0 Å². The third-order valence-corrected chi connectivity index (χ3v) is 0.918. The van der Waals surface area contributed by atoms with Crippen LogP contribution in [0.4, 0.5) is 0 Å². The van der Waals surface area contributed by atoms with Crippen LogP contribution in [-0.4, -0.2) is 40.5 Å². The average molecular weight is 110 g/mol. The molecule has 0 amide bonds. The van der Waals surface area contributed by atoms with Crippen LogP contribution in [0.15, 0.2) is 0 Å². The van der Waals surface area contributed by atoms with Gasteiger partial charge >= 0.3 is 60.6 Å². The predicted molar refractivity (Wildman–Crippen MR) is 27.2 cm³/mol. The van der Waals surface area contributed by atoms with Crippen LogP contribution in [-0.2, 0) is 9.53 Å². The van der Waals surface area contributed by atoms with Gasteiger partial charge in [0.2, 0.25) is 0 Å². The van der Waals surface area contributed by atoms with Crippen LogP contribution in [0.2, 0.25) is 3.67 Å². The first-order valence-corrected chi connectivity index (χ1v) is 3.82. The molecule has 0 saturated carbocycles. The van der Waals surface area contributed by atoms with Crippen LogP contribution in [0, 0.1) is 0 Å². The van der Waals surface area contributed by atoms with E-state index >= 15 is 0 Å². The minimum atomic E-state index is -0.171. The molecular formula is C4H7NaO2. The quantitative estimate of drug-likeness (QED) is 0.373. The number of hydrogen-bond acceptors (Lipinski definition) is 2. The van der Waals surface area contributed by atoms with E-state index in [2.05, 4.69) is 4.74 Å². The number of ether oxygens (including phenoxy) is 1. The monoisotopic (exact) mass is 110 g/mol. The summed E-state index contributed by atoms with van der Waals surface area (Å²) in [5.74, 6) is -0.171. The summed E-state index contributed by atoms with van der Waals surface area (Å²) in [5.41, 5.74) is 0. The summed E-state index contributed by atoms with van der Waals surface area (Å²) >= 11 is 1.12. The van der Waals surface area contributed by atoms with Gasteiger partial charge in [0.05, 0.1) is 0 Å². The van der Waals surface area contributed by atoms with Gasteiger partial charge in [-0.25, -0.2) is 0 Å². The molecule has 7 heavy (non-hydrogen) atoms. The topological polar surface area (TPSA) is 26.3 Å². The van der Waals surface area contributed by atoms with Crippen LogP contribution in [0.25, 0.3) is 0 Å². The summed E-state index contributed by atoms with van der Waals surface area (Å²) in [6.45, 7) is 2.04. The summed E-state index contributed by atoms with van der Waals surface area (Å²) in [7, 11) is 0. The number of carbonyl (C=O) groups is 1. The first-order valence-electron chi connectivity index (χ1n) is 2.40. The van der Waals surface area contributed by atoms with Crippen molar-refractivity contribution in [2.45, 2.75) is 10.6 Å². The molecule has 0 bridgehead atoms. The zero-order valence-electron chi connectivity index (χ0n) is 4.73. The maximum absolute atomic E-state index is 10.00. The van der Waals surface area contributed by atoms with Crippen molar-refractivity contribution in [3.8, 4) is 0 Å². The second-order valence-corrected chi connectivity index (χ2v) is 2.34. The summed E-state index contributed by atoms with van der Waals surface area (Å²) < 4.78 is 5.63. The number of rotatable bonds is 2. The molecule has 2 nitrogen and oxygen atoms in total. The van der Waals surface area contributed by atoms with Gasteiger partial charge in [0.15, 0.2) is 0 Å². The molecule has 0 saturated heterocycles. The van der Waals surface area contributed by atoms with E-state index in [1.165, 1.54) is 6.92 Å². The summed E-state index contributed by atoms with van der Waals surface area (Å²) in [6, 6.07) is 0. The Balaban J connectivity index is 2.82. The van der Waals surface area contributed by atoms with E-state index in [1.807, 2.05) is 0 Å². The number of carbonyl (C=O) groups excluding carboxylic acids is 1. The SMILES string of the molecule is CC(=O)OC[CH2][Na]. The molecule has 0 fully saturated rings. The molecule has 0 aliphatic heterocycles. The van der Waals surface area contributed by atoms with Gasteiger partial charge in [-0.3, -0.25) is 0 Å². The molecule has 36 valence electrons. The van der Waals surface area contributed by atoms with E-state index < -0.39 is 0 Å². The van der Waals surface area contributed by atoms with Gasteiger partial charge in [-0.2, -0.15) is 0 Å². The van der Waals surface area contributed by atoms with Crippen LogP contribution in [0.1, 0.15) is 6.92 Å². The van der Waals surface area contributed by atoms with Crippen LogP contribution in [0.5, 0.6) is 0 Å². The Morgan fingerprint density at radius 3 is 2.57 bits per heavy atom. The maximum atomic E-state index is 10.00. The normalized spacial score (nSPS) is 8.43. The zero-order valence-corrected chi connectivity index (χ0v) is 6.73. The fourth-order valence-corrected chi connectivity index (χ4v) is 0.450. The van der Waals surface area contributed by atoms with Gasteiger partial charge in [0.25, 0.3) is 0 Å². The molecule has 0 unspecified atom stereocenters. The second kappa shape index (κ2) is 4.62. The van der Waals surface area contributed by atoms with E-state index in [4.69, 9.17) is 0 Å². The number of esters is 1. The van der Waals surface area contributed by atoms with Crippen molar-refractivity contribution in [2.75, 3.05) is 6.61 Å². The summed E-state index contributed by atoms with van der Waals surface area (Å²) in [4.78, 5) is 10.00. The van der Waals surface area contributed by atoms with Gasteiger partial charge in [-0.15, -0.1) is 0 Å². The third-order valence-electron chi connectivity index (χ3n) is 0.509. The first-order chi connectivity index (χ1) is 3.27. The first kappa shape index (κ1) is 7.47. The van der Waals surface area contributed by atoms with Crippen molar-refractivity contribution in [3.05, 3.63) is 0 Å². The fourth-order valence-electron chi connectivity index (χ4n) is 0.246. The Kier molecular flexibility index (Phi) is 4.94. The molecule has 3 heteroatoms. The molecule has 0 aliphatic carbocycles. The van der Waals surface area contributed by atoms with E-state index in [0.717, 1.165) is 31.6 Å². The van der Waals surface area contributed by atoms with E-state index in [-0.39, 0.29) is 5.97 Å². The standard InChI is InChI=1S/C4H7O2.Na/c1-3-6-4(2)5;/h1,3H2,2H3;. The molecule has 0 radical (unpaired) electrons. The molecular weight excluding hydrogens is 103 g/mol. The van der Waals surface area contributed by atoms with Crippen LogP contribution < -0.4 is 0 Å². The average Bonchev–Trinajstić information content (AvgIpc) is 1.61. The minimum absolute atomic E-state index is 0.171. The molecule has 0 aliphatic rings. The van der Waals surface area contributed by atoms with Crippen molar-refractivity contribution in [1.82, 2.24) is 0 Å². The molecule has 0 aromatic heterocycles. The van der Waals surface area contributed by atoms with Gasteiger partial charge in [0, 0.05) is 0 Å². The Labute approximate surface area is 60.6 Å². The predicted octanol–water partition coefficient (Wildman–Crippen LogP) is 0.136. The fraction of sp³-hybridized carbons (Fsp3) is 0.750. The molecule has 0 N–H and O–H groups in total. The van der Waals surface area contributed by atoms with Crippen molar-refractivity contribution in [1.29, 1.82) is 0 Å². The van der Waals surface area contributed by atoms with Crippen molar-refractivity contribution < 1.29 is 9.53 Å². The Morgan fingerprint density at radius 2 is 2.43 bits per heavy atom. The Morgan fingerprint density at radius 1 is 1.86 bits per heavy atom. The van der Waals surface area contributed by atoms with E-state index in [0.29, 0.717) is 6.61 Å². The van der Waals surface area contributed by atoms with Crippen molar-refractivity contribution in [3.63, 3.8) is 0 Å². The van der Waals surface area contributed by atoms with Crippen LogP contribution >= 0.6 is 0 Å². The van der Waals surface area contributed by atoms with Gasteiger partial charge in [-0.1, -0.05) is 0 Å². The summed E-state index contributed by atoms with van der Waals surface area (Å²) in [5, 5.41) is 0. The molecule has 0 rings (SSSR count). The van der Waals surface area contributed by atoms with Crippen molar-refractivity contribution >= 4 is 33.9 Å². The molecule has 0 heterocycles. The van der Waals surface area contributed by atoms with Gasteiger partial charge < -0.3 is 0 Å². The molecule has 0 aromatic carbocycles. The van der Waals surface area contributed by atoms with Crippen molar-refractivity contribution in [2.24, 2.45) is 0 Å². The molecule has 0 atom stereocenters. The van der Waals surface area contributed by atoms with Gasteiger partial charge in [-0.05, 0) is 0 Å². The van der Waals surface area contributed by atoms with Gasteiger partial charge in [0.1, 0.15) is 0 Å². The zero-order chi connectivity index (χ0) is 5.70. The second-order valence-electron chi connectivity index (χ2n) is 1.34. The Bertz CT molecular complexity index is 62.7. The van der Waals surface area contributed by atoms with E-state index in [9.17, 15) is 4.79 Å². The third kappa shape index (κ3) is 6.47. The summed E-state index contributed by atoms with van der Waals surface area (Å²) in [6.07, 6.45) is 0. The molecule has 0 aromatic rings.